The summed E-state index contributed by atoms with van der Waals surface area (Å²) in [6.45, 7) is 6.74. The van der Waals surface area contributed by atoms with Crippen LogP contribution >= 0.6 is 0 Å². The molecule has 0 aliphatic heterocycles. The summed E-state index contributed by atoms with van der Waals surface area (Å²) in [5.74, 6) is 0. The maximum Gasteiger partial charge on any atom is 0.407 e. The van der Waals surface area contributed by atoms with Crippen molar-refractivity contribution in [2.45, 2.75) is 39.5 Å². The molecule has 1 amide bonds. The number of fused-ring (bicyclic) bond motifs is 1. The number of carbonyl (C=O) groups is 2. The molecule has 0 radical (unpaired) electrons. The Morgan fingerprint density at radius 2 is 1.94 bits per heavy atom. The first-order valence-corrected chi connectivity index (χ1v) is 11.2. The quantitative estimate of drug-likeness (QED) is 0.385. The number of aromatic nitrogens is 5. The van der Waals surface area contributed by atoms with Crippen LogP contribution < -0.4 is 5.32 Å². The van der Waals surface area contributed by atoms with Gasteiger partial charge in [-0.3, -0.25) is 9.48 Å². The summed E-state index contributed by atoms with van der Waals surface area (Å²) in [7, 11) is 1.65. The number of nitrogens with one attached hydrogen (secondary N) is 1. The third-order valence-electron chi connectivity index (χ3n) is 5.18. The molecule has 4 aromatic rings. The van der Waals surface area contributed by atoms with Crippen molar-refractivity contribution in [2.75, 3.05) is 13.7 Å². The van der Waals surface area contributed by atoms with Gasteiger partial charge in [-0.2, -0.15) is 10.2 Å². The van der Waals surface area contributed by atoms with E-state index < -0.39 is 11.7 Å². The Labute approximate surface area is 202 Å². The Kier molecular flexibility index (Phi) is 6.92. The number of rotatable bonds is 8. The van der Waals surface area contributed by atoms with Crippen molar-refractivity contribution in [1.29, 1.82) is 0 Å². The third kappa shape index (κ3) is 5.55. The molecule has 1 N–H and O–H groups in total. The van der Waals surface area contributed by atoms with E-state index in [-0.39, 0.29) is 6.54 Å². The topological polar surface area (TPSA) is 113 Å². The van der Waals surface area contributed by atoms with Crippen molar-refractivity contribution in [1.82, 2.24) is 29.9 Å². The zero-order chi connectivity index (χ0) is 25.0. The van der Waals surface area contributed by atoms with Crippen LogP contribution in [0.4, 0.5) is 4.79 Å². The summed E-state index contributed by atoms with van der Waals surface area (Å²) in [4.78, 5) is 28.0. The summed E-state index contributed by atoms with van der Waals surface area (Å²) >= 11 is 0. The van der Waals surface area contributed by atoms with Gasteiger partial charge in [0.15, 0.2) is 5.65 Å². The number of ether oxygens (including phenoxy) is 2. The average Bonchev–Trinajstić information content (AvgIpc) is 3.45. The first kappa shape index (κ1) is 24.1. The normalized spacial score (nSPS) is 11.5. The second-order valence-corrected chi connectivity index (χ2v) is 8.97. The van der Waals surface area contributed by atoms with Crippen LogP contribution in [0.5, 0.6) is 0 Å². The van der Waals surface area contributed by atoms with E-state index in [1.165, 1.54) is 0 Å². The second-order valence-electron chi connectivity index (χ2n) is 8.97. The average molecular weight is 477 g/mol. The van der Waals surface area contributed by atoms with Crippen LogP contribution in [-0.4, -0.2) is 56.2 Å². The molecule has 35 heavy (non-hydrogen) atoms. The maximum absolute atomic E-state index is 12.3. The molecule has 0 saturated carbocycles. The summed E-state index contributed by atoms with van der Waals surface area (Å²) in [6.07, 6.45) is 5.70. The number of carbonyl (C=O) groups excluding carboxylic acids is 2. The van der Waals surface area contributed by atoms with Crippen LogP contribution in [0.25, 0.3) is 27.8 Å². The van der Waals surface area contributed by atoms with Gasteiger partial charge < -0.3 is 14.8 Å². The first-order valence-electron chi connectivity index (χ1n) is 11.2. The molecule has 3 aromatic heterocycles. The highest BCUT2D eigenvalue weighted by molar-refractivity contribution is 5.95. The smallest absolute Gasteiger partial charge is 0.407 e. The number of hydrogen-bond acceptors (Lipinski definition) is 7. The van der Waals surface area contributed by atoms with E-state index in [1.807, 2.05) is 37.7 Å². The van der Waals surface area contributed by atoms with E-state index in [4.69, 9.17) is 14.6 Å². The molecule has 4 rings (SSSR count). The SMILES string of the molecule is COCCn1cc(-c2ccnc3c2c(CNC(=O)OC(C)(C)C)nn3-c2ccc(C=O)cc2)cn1. The highest BCUT2D eigenvalue weighted by atomic mass is 16.6. The van der Waals surface area contributed by atoms with Crippen molar-refractivity contribution in [3.63, 3.8) is 0 Å². The van der Waals surface area contributed by atoms with Gasteiger partial charge in [0, 0.05) is 30.6 Å². The van der Waals surface area contributed by atoms with E-state index >= 15 is 0 Å². The Bertz CT molecular complexity index is 1330. The van der Waals surface area contributed by atoms with Gasteiger partial charge in [-0.05, 0) is 56.7 Å². The van der Waals surface area contributed by atoms with Gasteiger partial charge in [-0.1, -0.05) is 0 Å². The number of benzene rings is 1. The Hall–Kier alpha value is -4.05. The largest absolute Gasteiger partial charge is 0.444 e. The number of aldehydes is 1. The third-order valence-corrected chi connectivity index (χ3v) is 5.18. The fourth-order valence-corrected chi connectivity index (χ4v) is 3.63. The summed E-state index contributed by atoms with van der Waals surface area (Å²) in [5.41, 5.74) is 3.71. The van der Waals surface area contributed by atoms with Gasteiger partial charge in [0.25, 0.3) is 0 Å². The monoisotopic (exact) mass is 476 g/mol. The fourth-order valence-electron chi connectivity index (χ4n) is 3.63. The summed E-state index contributed by atoms with van der Waals surface area (Å²) in [6, 6.07) is 8.95. The molecule has 0 aliphatic carbocycles. The lowest BCUT2D eigenvalue weighted by Gasteiger charge is -2.19. The molecule has 10 nitrogen and oxygen atoms in total. The van der Waals surface area contributed by atoms with Crippen LogP contribution in [0, 0.1) is 0 Å². The highest BCUT2D eigenvalue weighted by Gasteiger charge is 2.21. The minimum absolute atomic E-state index is 0.140. The van der Waals surface area contributed by atoms with Crippen molar-refractivity contribution < 1.29 is 19.1 Å². The number of nitrogens with zero attached hydrogens (tertiary/aromatic N) is 5. The lowest BCUT2D eigenvalue weighted by molar-refractivity contribution is 0.0523. The van der Waals surface area contributed by atoms with Crippen LogP contribution in [0.15, 0.2) is 48.9 Å². The zero-order valence-electron chi connectivity index (χ0n) is 20.2. The molecular weight excluding hydrogens is 448 g/mol. The molecule has 3 heterocycles. The van der Waals surface area contributed by atoms with Crippen molar-refractivity contribution in [3.05, 3.63) is 60.2 Å². The predicted molar refractivity (Wildman–Crippen MR) is 130 cm³/mol. The lowest BCUT2D eigenvalue weighted by atomic mass is 10.1. The van der Waals surface area contributed by atoms with Gasteiger partial charge in [0.1, 0.15) is 11.9 Å². The lowest BCUT2D eigenvalue weighted by Crippen LogP contribution is -2.32. The van der Waals surface area contributed by atoms with Crippen LogP contribution in [0.1, 0.15) is 36.8 Å². The fraction of sp³-hybridized carbons (Fsp3) is 0.320. The van der Waals surface area contributed by atoms with Crippen molar-refractivity contribution >= 4 is 23.4 Å². The van der Waals surface area contributed by atoms with E-state index in [1.54, 1.807) is 48.5 Å². The van der Waals surface area contributed by atoms with Gasteiger partial charge in [0.2, 0.25) is 0 Å². The van der Waals surface area contributed by atoms with E-state index in [0.717, 1.165) is 28.5 Å². The number of methoxy groups -OCH3 is 1. The number of hydrogen-bond donors (Lipinski definition) is 1. The first-order chi connectivity index (χ1) is 16.8. The molecular formula is C25H28N6O4. The standard InChI is InChI=1S/C25H28N6O4/c1-25(2,3)35-24(33)27-14-21-22-20(18-13-28-30(15-18)11-12-34-4)9-10-26-23(22)31(29-21)19-7-5-17(16-32)6-8-19/h5-10,13,15-16H,11-12,14H2,1-4H3,(H,27,33). The molecule has 0 fully saturated rings. The second kappa shape index (κ2) is 10.1. The molecule has 1 aromatic carbocycles. The molecule has 0 bridgehead atoms. The van der Waals surface area contributed by atoms with Crippen molar-refractivity contribution in [2.24, 2.45) is 0 Å². The maximum atomic E-state index is 12.3. The predicted octanol–water partition coefficient (Wildman–Crippen LogP) is 3.77. The Morgan fingerprint density at radius 3 is 2.63 bits per heavy atom. The molecule has 0 spiro atoms. The van der Waals surface area contributed by atoms with Gasteiger partial charge in [-0.15, -0.1) is 0 Å². The number of alkyl carbamates (subject to hydrolysis) is 1. The Balaban J connectivity index is 1.78. The minimum Gasteiger partial charge on any atom is -0.444 e. The number of amides is 1. The molecule has 0 aliphatic rings. The van der Waals surface area contributed by atoms with E-state index in [0.29, 0.717) is 30.1 Å². The van der Waals surface area contributed by atoms with Crippen LogP contribution in [0.2, 0.25) is 0 Å². The van der Waals surface area contributed by atoms with Crippen LogP contribution in [0.3, 0.4) is 0 Å². The van der Waals surface area contributed by atoms with Gasteiger partial charge in [-0.25, -0.2) is 14.5 Å². The van der Waals surface area contributed by atoms with Crippen LogP contribution in [-0.2, 0) is 22.6 Å². The van der Waals surface area contributed by atoms with E-state index in [2.05, 4.69) is 15.4 Å². The number of pyridine rings is 1. The van der Waals surface area contributed by atoms with E-state index in [9.17, 15) is 9.59 Å². The molecule has 0 unspecified atom stereocenters. The minimum atomic E-state index is -0.616. The molecule has 0 atom stereocenters. The summed E-state index contributed by atoms with van der Waals surface area (Å²) < 4.78 is 14.1. The highest BCUT2D eigenvalue weighted by Crippen LogP contribution is 2.31. The molecule has 182 valence electrons. The molecule has 10 heteroatoms. The zero-order valence-corrected chi connectivity index (χ0v) is 20.2. The van der Waals surface area contributed by atoms with Crippen molar-refractivity contribution in [3.8, 4) is 16.8 Å². The Morgan fingerprint density at radius 1 is 1.17 bits per heavy atom. The molecule has 0 saturated heterocycles. The van der Waals surface area contributed by atoms with Gasteiger partial charge in [0.05, 0.1) is 42.7 Å². The summed E-state index contributed by atoms with van der Waals surface area (Å²) in [5, 5.41) is 12.8. The van der Waals surface area contributed by atoms with Gasteiger partial charge >= 0.3 is 6.09 Å².